The molecule has 612 valence electrons. The number of carbonyl (C=O) groups is 12. The Bertz CT molecular complexity index is 3190. The van der Waals surface area contributed by atoms with Gasteiger partial charge < -0.3 is 64.8 Å². The smallest absolute Gasteiger partial charge is 0.377 e. The Balaban J connectivity index is 1.48. The number of amides is 12. The normalized spacial score (nSPS) is 31.5. The van der Waals surface area contributed by atoms with Crippen molar-refractivity contribution in [3.05, 3.63) is 12.2 Å². The van der Waals surface area contributed by atoms with Gasteiger partial charge in [-0.15, -0.1) is 0 Å². The number of ether oxygens (including phenoxy) is 1. The Morgan fingerprint density at radius 3 is 1.82 bits per heavy atom. The molecule has 25 nitrogen and oxygen atoms in total. The van der Waals surface area contributed by atoms with E-state index in [1.165, 1.54) is 77.9 Å². The molecule has 12 amide bonds. The van der Waals surface area contributed by atoms with Crippen LogP contribution < -0.4 is 16.0 Å². The highest BCUT2D eigenvalue weighted by atomic mass is 19.4. The van der Waals surface area contributed by atoms with E-state index in [4.69, 9.17) is 4.74 Å². The lowest BCUT2D eigenvalue weighted by Gasteiger charge is -2.41. The number of likely N-dealkylation sites (N-methyl/N-ethyl adjacent to an activating group) is 7. The summed E-state index contributed by atoms with van der Waals surface area (Å²) >= 11 is 0. The first-order chi connectivity index (χ1) is 50.4. The molecule has 108 heavy (non-hydrogen) atoms. The van der Waals surface area contributed by atoms with E-state index in [9.17, 15) is 55.1 Å². The molecule has 6 aliphatic rings. The Morgan fingerprint density at radius 2 is 1.26 bits per heavy atom. The summed E-state index contributed by atoms with van der Waals surface area (Å²) in [5.41, 5.74) is -1.92. The van der Waals surface area contributed by atoms with Crippen LogP contribution in [-0.2, 0) is 62.3 Å². The van der Waals surface area contributed by atoms with E-state index in [0.29, 0.717) is 32.1 Å². The van der Waals surface area contributed by atoms with Crippen LogP contribution in [0.5, 0.6) is 0 Å². The van der Waals surface area contributed by atoms with E-state index < -0.39 is 230 Å². The minimum Gasteiger partial charge on any atom is -0.377 e. The molecule has 0 radical (unpaired) electrons. The number of halogens is 8. The van der Waals surface area contributed by atoms with Gasteiger partial charge in [-0.25, -0.2) is 8.78 Å². The number of hydrogen-bond donors (Lipinski definition) is 3. The van der Waals surface area contributed by atoms with Gasteiger partial charge in [0.25, 0.3) is 0 Å². The van der Waals surface area contributed by atoms with Crippen LogP contribution in [0.25, 0.3) is 0 Å². The lowest BCUT2D eigenvalue weighted by atomic mass is 9.76. The minimum absolute atomic E-state index is 0.00846. The van der Waals surface area contributed by atoms with Gasteiger partial charge in [0.05, 0.1) is 31.5 Å². The third kappa shape index (κ3) is 22.5. The highest BCUT2D eigenvalue weighted by Crippen LogP contribution is 2.45. The second-order valence-corrected chi connectivity index (χ2v) is 32.0. The summed E-state index contributed by atoms with van der Waals surface area (Å²) in [5, 5.41) is 8.22. The molecular weight excluding hydrogens is 1430 g/mol. The standard InChI is InChI=1S/C75H118F8N12O13/c1-16-44(6)62-70(105)89(11)42-60(98)90(12)53-26-20-19-23-33-94(69(53)104)57(37-45-27-30-48(31-28-45)74(78,79)80)68(103)88(10)41-58(96)84-52(32-29-46-35-50(76)61(51(77)36-46)75(81,82)83)66(101)95-40-49(108-18-3)38-55(95)65(100)86-73(7,8)72(107)93(15)63(47-24-21-22-25-47)71(106)92(14)56(67(102)87(9)17-2)39-59(97)91(13)54(34-43(4)5)64(99)85-62/h19-20,43-57,61-63H,16-18,21-42H2,1-15H3,(H,84,96)(H,85,99)(H,86,100)/b20-19-/t44-,45?,46?,48?,49+,50?,51?,52-,53-,54-,55-,56-,57-,61?,62-,63-/m0/s1. The molecule has 3 aliphatic heterocycles. The molecule has 3 aliphatic carbocycles. The van der Waals surface area contributed by atoms with Gasteiger partial charge in [0, 0.05) is 82.0 Å². The molecule has 5 fully saturated rings. The summed E-state index contributed by atoms with van der Waals surface area (Å²) in [6.07, 6.45) is -14.0. The fourth-order valence-electron chi connectivity index (χ4n) is 16.4. The predicted molar refractivity (Wildman–Crippen MR) is 383 cm³/mol. The molecule has 2 unspecified atom stereocenters. The molecule has 0 aromatic carbocycles. The molecule has 6 rings (SSSR count). The highest BCUT2D eigenvalue weighted by molar-refractivity contribution is 6.00. The van der Waals surface area contributed by atoms with Crippen LogP contribution in [0.3, 0.4) is 0 Å². The van der Waals surface area contributed by atoms with Gasteiger partial charge in [-0.3, -0.25) is 57.5 Å². The fraction of sp³-hybridized carbons (Fsp3) is 0.813. The monoisotopic (exact) mass is 1550 g/mol. The third-order valence-electron chi connectivity index (χ3n) is 23.3. The summed E-state index contributed by atoms with van der Waals surface area (Å²) < 4.78 is 121. The van der Waals surface area contributed by atoms with Crippen LogP contribution in [0.15, 0.2) is 12.2 Å². The van der Waals surface area contributed by atoms with Crippen molar-refractivity contribution in [3.63, 3.8) is 0 Å². The minimum atomic E-state index is -5.22. The van der Waals surface area contributed by atoms with Crippen molar-refractivity contribution in [1.29, 1.82) is 0 Å². The van der Waals surface area contributed by atoms with Crippen LogP contribution in [-0.4, -0.2) is 288 Å². The van der Waals surface area contributed by atoms with Gasteiger partial charge >= 0.3 is 12.4 Å². The molecule has 3 N–H and O–H groups in total. The zero-order valence-electron chi connectivity index (χ0n) is 65.6. The SMILES string of the molecule is CCO[C@@H]1C[C@H]2C(=O)NC(C)(C)C(=O)N(C)[C@@H](C3CCCC3)C(=O)N(C)[C@H](C(=O)N(C)CC)CC(=O)N(C)[C@@H](CC(C)C)C(=O)N[C@@H]([C@@H](C)CC)C(=O)N(C)CC(=O)N(C)[C@H]3C/C=C\CCN(C3=O)[C@@H](CC3CCC(C(F)(F)F)CC3)C(=O)N(C)CC(=O)N[C@@H](CCC3CC(F)C(C(F)(F)F)C(F)C3)C(=O)N2C1. The first-order valence-electron chi connectivity index (χ1n) is 38.4. The van der Waals surface area contributed by atoms with E-state index in [1.807, 2.05) is 13.8 Å². The van der Waals surface area contributed by atoms with Crippen molar-refractivity contribution in [3.8, 4) is 0 Å². The maximum Gasteiger partial charge on any atom is 0.397 e. The van der Waals surface area contributed by atoms with Gasteiger partial charge in [0.15, 0.2) is 0 Å². The lowest BCUT2D eigenvalue weighted by Crippen LogP contribution is -2.64. The maximum atomic E-state index is 15.5. The summed E-state index contributed by atoms with van der Waals surface area (Å²) in [5.74, 6) is -17.4. The van der Waals surface area contributed by atoms with E-state index >= 15 is 37.5 Å². The lowest BCUT2D eigenvalue weighted by molar-refractivity contribution is -0.219. The van der Waals surface area contributed by atoms with Crippen molar-refractivity contribution in [2.75, 3.05) is 88.7 Å². The van der Waals surface area contributed by atoms with E-state index in [1.54, 1.807) is 39.8 Å². The number of fused-ring (bicyclic) bond motifs is 3. The average molecular weight is 1550 g/mol. The largest absolute Gasteiger partial charge is 0.397 e. The van der Waals surface area contributed by atoms with Gasteiger partial charge in [-0.2, -0.15) is 26.3 Å². The van der Waals surface area contributed by atoms with Crippen LogP contribution in [0, 0.1) is 41.4 Å². The van der Waals surface area contributed by atoms with Gasteiger partial charge in [-0.05, 0) is 147 Å². The molecule has 3 heterocycles. The Morgan fingerprint density at radius 1 is 0.648 bits per heavy atom. The summed E-state index contributed by atoms with van der Waals surface area (Å²) in [6, 6.07) is -11.5. The number of carbonyl (C=O) groups excluding carboxylic acids is 12. The van der Waals surface area contributed by atoms with E-state index in [0.717, 1.165) is 29.4 Å². The highest BCUT2D eigenvalue weighted by Gasteiger charge is 2.55. The quantitative estimate of drug-likeness (QED) is 0.122. The van der Waals surface area contributed by atoms with Gasteiger partial charge in [-0.1, -0.05) is 59.1 Å². The molecule has 12 atom stereocenters. The molecule has 2 saturated heterocycles. The van der Waals surface area contributed by atoms with Crippen LogP contribution >= 0.6 is 0 Å². The molecule has 0 aromatic heterocycles. The summed E-state index contributed by atoms with van der Waals surface area (Å²) in [6.45, 7) is 11.4. The number of rotatable bonds is 14. The summed E-state index contributed by atoms with van der Waals surface area (Å²) in [7, 11) is 9.40. The number of nitrogens with zero attached hydrogens (tertiary/aromatic N) is 9. The Kier molecular flexibility index (Phi) is 32.1. The van der Waals surface area contributed by atoms with Gasteiger partial charge in [0.1, 0.15) is 72.1 Å². The zero-order valence-corrected chi connectivity index (χ0v) is 65.6. The molecular formula is C75H118F8N12O13. The van der Waals surface area contributed by atoms with Crippen LogP contribution in [0.2, 0.25) is 0 Å². The molecule has 33 heteroatoms. The third-order valence-corrected chi connectivity index (χ3v) is 23.3. The summed E-state index contributed by atoms with van der Waals surface area (Å²) in [4.78, 5) is 191. The zero-order chi connectivity index (χ0) is 80.9. The van der Waals surface area contributed by atoms with Crippen molar-refractivity contribution in [2.45, 2.75) is 262 Å². The Labute approximate surface area is 630 Å². The van der Waals surface area contributed by atoms with Crippen molar-refractivity contribution in [2.24, 2.45) is 41.4 Å². The molecule has 2 bridgehead atoms. The molecule has 3 saturated carbocycles. The van der Waals surface area contributed by atoms with E-state index in [-0.39, 0.29) is 96.4 Å². The topological polar surface area (TPSA) is 279 Å². The predicted octanol–water partition coefficient (Wildman–Crippen LogP) is 6.60. The number of alkyl halides is 8. The first kappa shape index (κ1) is 89.7. The molecule has 0 aromatic rings. The van der Waals surface area contributed by atoms with Gasteiger partial charge in [0.2, 0.25) is 70.9 Å². The second kappa shape index (κ2) is 38.6. The van der Waals surface area contributed by atoms with Crippen LogP contribution in [0.4, 0.5) is 35.1 Å². The van der Waals surface area contributed by atoms with Crippen molar-refractivity contribution in [1.82, 2.24) is 60.0 Å². The van der Waals surface area contributed by atoms with Crippen molar-refractivity contribution >= 4 is 70.9 Å². The average Bonchev–Trinajstić information content (AvgIpc) is 1.63. The van der Waals surface area contributed by atoms with Crippen LogP contribution in [0.1, 0.15) is 177 Å². The number of hydrogen-bond acceptors (Lipinski definition) is 13. The maximum absolute atomic E-state index is 15.5. The first-order valence-corrected chi connectivity index (χ1v) is 38.4. The van der Waals surface area contributed by atoms with E-state index in [2.05, 4.69) is 16.0 Å². The Hall–Kier alpha value is -7.22. The second-order valence-electron chi connectivity index (χ2n) is 32.0. The van der Waals surface area contributed by atoms with Crippen molar-refractivity contribution < 1.29 is 97.4 Å². The molecule has 0 spiro atoms. The fourth-order valence-corrected chi connectivity index (χ4v) is 16.4. The number of nitrogens with one attached hydrogen (secondary N) is 3.